The lowest BCUT2D eigenvalue weighted by Gasteiger charge is -2.32. The summed E-state index contributed by atoms with van der Waals surface area (Å²) in [4.78, 5) is 36.9. The summed E-state index contributed by atoms with van der Waals surface area (Å²) in [5.41, 5.74) is 2.58. The van der Waals surface area contributed by atoms with E-state index in [0.29, 0.717) is 64.7 Å². The summed E-state index contributed by atoms with van der Waals surface area (Å²) in [6.45, 7) is 3.60. The van der Waals surface area contributed by atoms with E-state index in [0.717, 1.165) is 12.8 Å². The Bertz CT molecular complexity index is 1360. The number of nitrogens with one attached hydrogen (secondary N) is 3. The minimum Gasteiger partial charge on any atom is -0.493 e. The molecule has 0 radical (unpaired) electrons. The number of amides is 2. The Kier molecular flexibility index (Phi) is 7.29. The number of benzene rings is 1. The van der Waals surface area contributed by atoms with Crippen molar-refractivity contribution in [1.82, 2.24) is 25.6 Å². The van der Waals surface area contributed by atoms with Crippen LogP contribution in [0.5, 0.6) is 5.75 Å². The molecule has 9 nitrogen and oxygen atoms in total. The lowest BCUT2D eigenvalue weighted by atomic mass is 9.89. The Morgan fingerprint density at radius 1 is 1.21 bits per heavy atom. The van der Waals surface area contributed by atoms with Crippen LogP contribution in [0, 0.1) is 18.7 Å². The molecule has 2 heterocycles. The maximum atomic E-state index is 14.8. The summed E-state index contributed by atoms with van der Waals surface area (Å²) < 4.78 is 35.0. The van der Waals surface area contributed by atoms with Crippen LogP contribution in [-0.4, -0.2) is 62.8 Å². The molecule has 11 heteroatoms. The van der Waals surface area contributed by atoms with Gasteiger partial charge in [0, 0.05) is 23.7 Å². The second-order valence-corrected chi connectivity index (χ2v) is 10.3. The van der Waals surface area contributed by atoms with Gasteiger partial charge in [-0.25, -0.2) is 18.7 Å². The molecule has 1 aromatic carbocycles. The molecule has 0 bridgehead atoms. The zero-order chi connectivity index (χ0) is 27.0. The third kappa shape index (κ3) is 5.47. The maximum Gasteiger partial charge on any atom is 0.255 e. The first-order valence-electron chi connectivity index (χ1n) is 12.9. The van der Waals surface area contributed by atoms with Crippen LogP contribution < -0.4 is 15.4 Å². The SMILES string of the molecule is Cc1[nH]c2c(-c3cc(F)ccc3OCC3CC3)ncnc2c1C(=O)N[C@@H]1CC[C@H](NC(=O)[C@H](C)O)[C@H](F)C1. The van der Waals surface area contributed by atoms with Crippen molar-refractivity contribution in [2.24, 2.45) is 5.92 Å². The van der Waals surface area contributed by atoms with Crippen LogP contribution in [0.15, 0.2) is 24.5 Å². The molecule has 0 spiro atoms. The smallest absolute Gasteiger partial charge is 0.255 e. The number of aliphatic hydroxyl groups is 1. The van der Waals surface area contributed by atoms with Crippen LogP contribution >= 0.6 is 0 Å². The van der Waals surface area contributed by atoms with Gasteiger partial charge < -0.3 is 25.5 Å². The van der Waals surface area contributed by atoms with Gasteiger partial charge in [-0.3, -0.25) is 9.59 Å². The highest BCUT2D eigenvalue weighted by atomic mass is 19.1. The largest absolute Gasteiger partial charge is 0.493 e. The Labute approximate surface area is 218 Å². The van der Waals surface area contributed by atoms with Gasteiger partial charge in [-0.1, -0.05) is 0 Å². The van der Waals surface area contributed by atoms with Gasteiger partial charge in [0.2, 0.25) is 5.91 Å². The van der Waals surface area contributed by atoms with Crippen LogP contribution in [0.3, 0.4) is 0 Å². The fraction of sp³-hybridized carbons (Fsp3) is 0.481. The minimum atomic E-state index is -1.36. The molecule has 0 unspecified atom stereocenters. The summed E-state index contributed by atoms with van der Waals surface area (Å²) in [6.07, 6.45) is 1.79. The maximum absolute atomic E-state index is 14.8. The molecular formula is C27H31F2N5O4. The van der Waals surface area contributed by atoms with Crippen molar-refractivity contribution < 1.29 is 28.2 Å². The predicted molar refractivity (Wildman–Crippen MR) is 136 cm³/mol. The van der Waals surface area contributed by atoms with Crippen LogP contribution in [0.2, 0.25) is 0 Å². The third-order valence-corrected chi connectivity index (χ3v) is 7.18. The number of H-pyrrole nitrogens is 1. The Balaban J connectivity index is 1.36. The molecule has 4 N–H and O–H groups in total. The molecule has 3 aromatic rings. The molecule has 2 aliphatic carbocycles. The molecule has 4 atom stereocenters. The van der Waals surface area contributed by atoms with E-state index in [4.69, 9.17) is 4.74 Å². The zero-order valence-electron chi connectivity index (χ0n) is 21.3. The van der Waals surface area contributed by atoms with E-state index in [-0.39, 0.29) is 6.42 Å². The Morgan fingerprint density at radius 2 is 2.00 bits per heavy atom. The average molecular weight is 528 g/mol. The molecule has 5 rings (SSSR count). The Morgan fingerprint density at radius 3 is 2.71 bits per heavy atom. The van der Waals surface area contributed by atoms with E-state index in [2.05, 4.69) is 25.6 Å². The third-order valence-electron chi connectivity index (χ3n) is 7.18. The van der Waals surface area contributed by atoms with E-state index in [1.807, 2.05) is 0 Å². The Hall–Kier alpha value is -3.60. The number of aliphatic hydroxyl groups excluding tert-OH is 1. The van der Waals surface area contributed by atoms with E-state index in [1.54, 1.807) is 13.0 Å². The number of carbonyl (C=O) groups is 2. The zero-order valence-corrected chi connectivity index (χ0v) is 21.3. The second kappa shape index (κ2) is 10.6. The van der Waals surface area contributed by atoms with Gasteiger partial charge in [-0.2, -0.15) is 0 Å². The van der Waals surface area contributed by atoms with Crippen LogP contribution in [0.25, 0.3) is 22.3 Å². The number of carbonyl (C=O) groups excluding carboxylic acids is 2. The molecule has 2 fully saturated rings. The number of nitrogens with zero attached hydrogens (tertiary/aromatic N) is 2. The van der Waals surface area contributed by atoms with E-state index < -0.39 is 42.0 Å². The summed E-state index contributed by atoms with van der Waals surface area (Å²) in [5.74, 6) is -0.455. The highest BCUT2D eigenvalue weighted by Crippen LogP contribution is 2.37. The standard InChI is InChI=1S/C27H31F2N5O4/c1-13-22(27(37)33-17-6-7-20(19(29)10-17)34-26(36)14(2)35)24-25(32-13)23(30-12-31-24)18-9-16(28)5-8-21(18)38-11-15-3-4-15/h5,8-9,12,14-15,17,19-20,32,35H,3-4,6-7,10-11H2,1-2H3,(H,33,37)(H,34,36)/t14-,17+,19+,20-/m0/s1. The number of rotatable bonds is 8. The molecule has 0 aliphatic heterocycles. The molecule has 0 saturated heterocycles. The number of aromatic amines is 1. The van der Waals surface area contributed by atoms with Gasteiger partial charge in [0.25, 0.3) is 5.91 Å². The molecule has 2 aliphatic rings. The molecule has 2 saturated carbocycles. The van der Waals surface area contributed by atoms with Gasteiger partial charge in [-0.15, -0.1) is 0 Å². The molecule has 202 valence electrons. The molecule has 2 aromatic heterocycles. The fourth-order valence-corrected chi connectivity index (χ4v) is 4.88. The fourth-order valence-electron chi connectivity index (χ4n) is 4.88. The quantitative estimate of drug-likeness (QED) is 0.356. The van der Waals surface area contributed by atoms with Gasteiger partial charge in [0.1, 0.15) is 41.4 Å². The normalized spacial score (nSPS) is 22.2. The molecule has 38 heavy (non-hydrogen) atoms. The van der Waals surface area contributed by atoms with E-state index in [1.165, 1.54) is 25.4 Å². The first-order valence-corrected chi connectivity index (χ1v) is 12.9. The highest BCUT2D eigenvalue weighted by Gasteiger charge is 2.34. The van der Waals surface area contributed by atoms with Crippen molar-refractivity contribution in [3.63, 3.8) is 0 Å². The van der Waals surface area contributed by atoms with Crippen molar-refractivity contribution in [3.05, 3.63) is 41.6 Å². The lowest BCUT2D eigenvalue weighted by Crippen LogP contribution is -2.51. The van der Waals surface area contributed by atoms with Crippen molar-refractivity contribution in [1.29, 1.82) is 0 Å². The van der Waals surface area contributed by atoms with Crippen LogP contribution in [-0.2, 0) is 4.79 Å². The van der Waals surface area contributed by atoms with Gasteiger partial charge in [-0.05, 0) is 63.6 Å². The monoisotopic (exact) mass is 527 g/mol. The number of aromatic nitrogens is 3. The topological polar surface area (TPSA) is 129 Å². The first-order chi connectivity index (χ1) is 18.2. The number of fused-ring (bicyclic) bond motifs is 1. The predicted octanol–water partition coefficient (Wildman–Crippen LogP) is 3.35. The minimum absolute atomic E-state index is 0.0309. The summed E-state index contributed by atoms with van der Waals surface area (Å²) in [7, 11) is 0. The van der Waals surface area contributed by atoms with Gasteiger partial charge in [0.15, 0.2) is 0 Å². The first kappa shape index (κ1) is 26.0. The number of hydrogen-bond donors (Lipinski definition) is 4. The average Bonchev–Trinajstić information content (AvgIpc) is 3.64. The summed E-state index contributed by atoms with van der Waals surface area (Å²) in [6, 6.07) is 3.13. The number of hydrogen-bond acceptors (Lipinski definition) is 6. The number of aryl methyl sites for hydroxylation is 1. The molecule has 2 amide bonds. The summed E-state index contributed by atoms with van der Waals surface area (Å²) in [5, 5.41) is 14.8. The van der Waals surface area contributed by atoms with Gasteiger partial charge >= 0.3 is 0 Å². The molecular weight excluding hydrogens is 496 g/mol. The van der Waals surface area contributed by atoms with E-state index in [9.17, 15) is 23.5 Å². The lowest BCUT2D eigenvalue weighted by molar-refractivity contribution is -0.130. The number of alkyl halides is 1. The van der Waals surface area contributed by atoms with Crippen LogP contribution in [0.4, 0.5) is 8.78 Å². The van der Waals surface area contributed by atoms with Crippen molar-refractivity contribution in [2.75, 3.05) is 6.61 Å². The number of ether oxygens (including phenoxy) is 1. The van der Waals surface area contributed by atoms with Crippen molar-refractivity contribution >= 4 is 22.8 Å². The summed E-state index contributed by atoms with van der Waals surface area (Å²) >= 11 is 0. The van der Waals surface area contributed by atoms with Crippen molar-refractivity contribution in [2.45, 2.75) is 70.3 Å². The second-order valence-electron chi connectivity index (χ2n) is 10.3. The highest BCUT2D eigenvalue weighted by molar-refractivity contribution is 6.09. The van der Waals surface area contributed by atoms with Crippen molar-refractivity contribution in [3.8, 4) is 17.0 Å². The van der Waals surface area contributed by atoms with Crippen LogP contribution in [0.1, 0.15) is 55.1 Å². The van der Waals surface area contributed by atoms with Gasteiger partial charge in [0.05, 0.1) is 23.7 Å². The van der Waals surface area contributed by atoms with E-state index >= 15 is 0 Å². The number of halogens is 2.